The van der Waals surface area contributed by atoms with Gasteiger partial charge in [0.15, 0.2) is 0 Å². The Morgan fingerprint density at radius 3 is 1.11 bits per heavy atom. The quantitative estimate of drug-likeness (QED) is 0.127. The predicted molar refractivity (Wildman–Crippen MR) is 181 cm³/mol. The van der Waals surface area contributed by atoms with Crippen molar-refractivity contribution in [2.75, 3.05) is 26.4 Å². The summed E-state index contributed by atoms with van der Waals surface area (Å²) in [4.78, 5) is 0. The largest absolute Gasteiger partial charge is 0.491 e. The Balaban J connectivity index is 1.25. The molecule has 0 aliphatic carbocycles. The summed E-state index contributed by atoms with van der Waals surface area (Å²) in [7, 11) is 0. The lowest BCUT2D eigenvalue weighted by Gasteiger charge is -2.27. The van der Waals surface area contributed by atoms with Crippen molar-refractivity contribution in [3.8, 4) is 23.0 Å². The number of aliphatic hydroxyl groups excluding tert-OH is 3. The van der Waals surface area contributed by atoms with Gasteiger partial charge < -0.3 is 34.3 Å². The third-order valence-electron chi connectivity index (χ3n) is 8.27. The van der Waals surface area contributed by atoms with E-state index in [1.165, 1.54) is 0 Å². The van der Waals surface area contributed by atoms with Gasteiger partial charge in [0.1, 0.15) is 55.0 Å². The summed E-state index contributed by atoms with van der Waals surface area (Å²) >= 11 is 0. The molecular formula is C39H48O7. The van der Waals surface area contributed by atoms with Gasteiger partial charge in [-0.2, -0.15) is 0 Å². The van der Waals surface area contributed by atoms with Gasteiger partial charge in [0, 0.05) is 10.8 Å². The molecule has 4 aromatic carbocycles. The molecule has 3 unspecified atom stereocenters. The van der Waals surface area contributed by atoms with E-state index >= 15 is 0 Å². The monoisotopic (exact) mass is 628 g/mol. The van der Waals surface area contributed by atoms with Crippen LogP contribution in [0.2, 0.25) is 0 Å². The van der Waals surface area contributed by atoms with Gasteiger partial charge in [-0.3, -0.25) is 0 Å². The first kappa shape index (κ1) is 34.8. The second-order valence-electron chi connectivity index (χ2n) is 12.9. The van der Waals surface area contributed by atoms with E-state index in [2.05, 4.69) is 27.7 Å². The van der Waals surface area contributed by atoms with Gasteiger partial charge in [0.25, 0.3) is 0 Å². The fourth-order valence-corrected chi connectivity index (χ4v) is 5.11. The average Bonchev–Trinajstić information content (AvgIpc) is 3.06. The maximum atomic E-state index is 10.5. The van der Waals surface area contributed by atoms with E-state index in [4.69, 9.17) is 18.9 Å². The standard InChI is InChI=1S/C39H48O7/c1-27(41)24-43-34-15-7-29(8-16-34)38(3,4)30-9-17-35(18-10-30)44-25-33(42)26-45-36-19-11-31(12-20-36)39(5,6)32-13-21-37(22-14-32)46-28(2)23-40/h7-22,27-28,33,40-42H,23-26H2,1-6H3. The van der Waals surface area contributed by atoms with Crippen LogP contribution in [0.5, 0.6) is 23.0 Å². The molecule has 0 radical (unpaired) electrons. The fourth-order valence-electron chi connectivity index (χ4n) is 5.11. The van der Waals surface area contributed by atoms with Crippen molar-refractivity contribution in [1.82, 2.24) is 0 Å². The van der Waals surface area contributed by atoms with Crippen LogP contribution in [0.3, 0.4) is 0 Å². The second-order valence-corrected chi connectivity index (χ2v) is 12.9. The average molecular weight is 629 g/mol. The summed E-state index contributed by atoms with van der Waals surface area (Å²) in [5.41, 5.74) is 4.07. The smallest absolute Gasteiger partial charge is 0.122 e. The maximum absolute atomic E-state index is 10.5. The summed E-state index contributed by atoms with van der Waals surface area (Å²) < 4.78 is 23.0. The van der Waals surface area contributed by atoms with Crippen LogP contribution in [-0.2, 0) is 10.8 Å². The minimum atomic E-state index is -0.795. The van der Waals surface area contributed by atoms with Gasteiger partial charge in [-0.15, -0.1) is 0 Å². The van der Waals surface area contributed by atoms with Crippen LogP contribution in [0.25, 0.3) is 0 Å². The molecule has 46 heavy (non-hydrogen) atoms. The number of rotatable bonds is 16. The minimum Gasteiger partial charge on any atom is -0.491 e. The molecule has 0 aliphatic heterocycles. The van der Waals surface area contributed by atoms with Crippen LogP contribution in [0.4, 0.5) is 0 Å². The van der Waals surface area contributed by atoms with Crippen LogP contribution >= 0.6 is 0 Å². The van der Waals surface area contributed by atoms with Gasteiger partial charge in [-0.25, -0.2) is 0 Å². The fraction of sp³-hybridized carbons (Fsp3) is 0.385. The van der Waals surface area contributed by atoms with Crippen LogP contribution < -0.4 is 18.9 Å². The number of ether oxygens (including phenoxy) is 4. The molecule has 0 aromatic heterocycles. The molecular weight excluding hydrogens is 580 g/mol. The van der Waals surface area contributed by atoms with Gasteiger partial charge in [0.05, 0.1) is 12.7 Å². The van der Waals surface area contributed by atoms with E-state index in [1.807, 2.05) is 104 Å². The number of hydrogen-bond acceptors (Lipinski definition) is 7. The molecule has 4 aromatic rings. The highest BCUT2D eigenvalue weighted by atomic mass is 16.5. The third-order valence-corrected chi connectivity index (χ3v) is 8.27. The minimum absolute atomic E-state index is 0.0278. The van der Waals surface area contributed by atoms with Crippen molar-refractivity contribution < 1.29 is 34.3 Å². The molecule has 7 heteroatoms. The van der Waals surface area contributed by atoms with E-state index in [-0.39, 0.29) is 43.4 Å². The molecule has 3 N–H and O–H groups in total. The molecule has 0 saturated heterocycles. The zero-order chi connectivity index (χ0) is 33.3. The Bertz CT molecular complexity index is 1480. The lowest BCUT2D eigenvalue weighted by atomic mass is 9.78. The van der Waals surface area contributed by atoms with E-state index in [0.717, 1.165) is 33.8 Å². The zero-order valence-electron chi connectivity index (χ0n) is 27.8. The van der Waals surface area contributed by atoms with Crippen molar-refractivity contribution in [1.29, 1.82) is 0 Å². The molecule has 0 spiro atoms. The van der Waals surface area contributed by atoms with Gasteiger partial charge in [-0.1, -0.05) is 76.2 Å². The number of aliphatic hydroxyl groups is 3. The first-order valence-electron chi connectivity index (χ1n) is 15.8. The van der Waals surface area contributed by atoms with Gasteiger partial charge in [-0.05, 0) is 84.6 Å². The van der Waals surface area contributed by atoms with Crippen LogP contribution in [0.1, 0.15) is 63.8 Å². The third kappa shape index (κ3) is 9.25. The molecule has 0 fully saturated rings. The second kappa shape index (κ2) is 15.5. The SMILES string of the molecule is CC(O)COc1ccc(C(C)(C)c2ccc(OCC(O)COc3ccc(C(C)(C)c4ccc(OC(C)CO)cc4)cc3)cc2)cc1. The Morgan fingerprint density at radius 1 is 0.500 bits per heavy atom. The van der Waals surface area contributed by atoms with Gasteiger partial charge in [0.2, 0.25) is 0 Å². The lowest BCUT2D eigenvalue weighted by molar-refractivity contribution is 0.0626. The highest BCUT2D eigenvalue weighted by molar-refractivity contribution is 5.43. The number of hydrogen-bond donors (Lipinski definition) is 3. The summed E-state index contributed by atoms with van der Waals surface area (Å²) in [6, 6.07) is 31.7. The summed E-state index contributed by atoms with van der Waals surface area (Å²) in [6.07, 6.45) is -1.56. The Kier molecular flexibility index (Phi) is 11.7. The van der Waals surface area contributed by atoms with E-state index in [0.29, 0.717) is 11.5 Å². The molecule has 0 amide bonds. The van der Waals surface area contributed by atoms with Crippen molar-refractivity contribution in [3.05, 3.63) is 119 Å². The number of benzene rings is 4. The predicted octanol–water partition coefficient (Wildman–Crippen LogP) is 6.68. The van der Waals surface area contributed by atoms with Crippen molar-refractivity contribution >= 4 is 0 Å². The molecule has 0 heterocycles. The first-order valence-corrected chi connectivity index (χ1v) is 15.8. The molecule has 0 bridgehead atoms. The molecule has 0 aliphatic rings. The van der Waals surface area contributed by atoms with Crippen LogP contribution in [-0.4, -0.2) is 60.1 Å². The highest BCUT2D eigenvalue weighted by Gasteiger charge is 2.24. The molecule has 246 valence electrons. The van der Waals surface area contributed by atoms with Crippen LogP contribution in [0, 0.1) is 0 Å². The van der Waals surface area contributed by atoms with Crippen molar-refractivity contribution in [2.24, 2.45) is 0 Å². The Morgan fingerprint density at radius 2 is 0.804 bits per heavy atom. The zero-order valence-corrected chi connectivity index (χ0v) is 27.8. The normalized spacial score (nSPS) is 13.8. The highest BCUT2D eigenvalue weighted by Crippen LogP contribution is 2.35. The molecule has 4 rings (SSSR count). The van der Waals surface area contributed by atoms with Crippen molar-refractivity contribution in [2.45, 2.75) is 70.7 Å². The summed E-state index contributed by atoms with van der Waals surface area (Å²) in [5.74, 6) is 2.81. The lowest BCUT2D eigenvalue weighted by Crippen LogP contribution is -2.25. The maximum Gasteiger partial charge on any atom is 0.122 e. The Labute approximate surface area is 273 Å². The molecule has 0 saturated carbocycles. The van der Waals surface area contributed by atoms with E-state index in [9.17, 15) is 15.3 Å². The molecule has 3 atom stereocenters. The molecule has 7 nitrogen and oxygen atoms in total. The van der Waals surface area contributed by atoms with Crippen LogP contribution in [0.15, 0.2) is 97.1 Å². The first-order chi connectivity index (χ1) is 21.9. The Hall–Kier alpha value is -4.04. The summed E-state index contributed by atoms with van der Waals surface area (Å²) in [5, 5.41) is 29.2. The summed E-state index contributed by atoms with van der Waals surface area (Å²) in [6.45, 7) is 12.6. The van der Waals surface area contributed by atoms with Gasteiger partial charge >= 0.3 is 0 Å². The van der Waals surface area contributed by atoms with Crippen molar-refractivity contribution in [3.63, 3.8) is 0 Å². The topological polar surface area (TPSA) is 97.6 Å². The van der Waals surface area contributed by atoms with E-state index in [1.54, 1.807) is 6.92 Å². The van der Waals surface area contributed by atoms with E-state index < -0.39 is 12.2 Å².